The first-order valence-electron chi connectivity index (χ1n) is 8.68. The van der Waals surface area contributed by atoms with Crippen LogP contribution in [-0.4, -0.2) is 32.7 Å². The van der Waals surface area contributed by atoms with Crippen LogP contribution in [0.4, 0.5) is 10.1 Å². The number of hydrogen-bond acceptors (Lipinski definition) is 4. The van der Waals surface area contributed by atoms with E-state index in [2.05, 4.69) is 15.4 Å². The first kappa shape index (κ1) is 16.5. The topological polar surface area (TPSA) is 85.3 Å². The quantitative estimate of drug-likeness (QED) is 0.755. The summed E-state index contributed by atoms with van der Waals surface area (Å²) in [6.07, 6.45) is 6.16. The van der Waals surface area contributed by atoms with Crippen molar-refractivity contribution in [3.8, 4) is 11.3 Å². The summed E-state index contributed by atoms with van der Waals surface area (Å²) in [4.78, 5) is 16.3. The van der Waals surface area contributed by atoms with E-state index in [0.29, 0.717) is 17.6 Å². The molecular formula is C19H20FN5O. The predicted molar refractivity (Wildman–Crippen MR) is 97.8 cm³/mol. The molecule has 0 bridgehead atoms. The number of nitrogens with two attached hydrogens (primary N) is 1. The van der Waals surface area contributed by atoms with Crippen molar-refractivity contribution < 1.29 is 9.18 Å². The molecule has 1 amide bonds. The van der Waals surface area contributed by atoms with E-state index in [9.17, 15) is 9.18 Å². The molecule has 1 fully saturated rings. The summed E-state index contributed by atoms with van der Waals surface area (Å²) in [5.74, 6) is -0.590. The molecule has 0 radical (unpaired) electrons. The highest BCUT2D eigenvalue weighted by Gasteiger charge is 2.29. The molecule has 0 unspecified atom stereocenters. The molecule has 1 saturated carbocycles. The van der Waals surface area contributed by atoms with E-state index >= 15 is 0 Å². The molecular weight excluding hydrogens is 333 g/mol. The Morgan fingerprint density at radius 1 is 1.38 bits per heavy atom. The number of pyridine rings is 1. The molecule has 26 heavy (non-hydrogen) atoms. The number of hydrogen-bond donors (Lipinski definition) is 2. The first-order chi connectivity index (χ1) is 12.5. The highest BCUT2D eigenvalue weighted by molar-refractivity contribution is 6.02. The summed E-state index contributed by atoms with van der Waals surface area (Å²) in [5, 5.41) is 7.48. The van der Waals surface area contributed by atoms with Crippen molar-refractivity contribution in [2.45, 2.75) is 38.4 Å². The van der Waals surface area contributed by atoms with E-state index in [0.717, 1.165) is 29.7 Å². The number of aromatic nitrogens is 3. The first-order valence-corrected chi connectivity index (χ1v) is 8.68. The molecule has 0 aliphatic heterocycles. The molecule has 3 N–H and O–H groups in total. The van der Waals surface area contributed by atoms with Crippen molar-refractivity contribution in [1.29, 1.82) is 0 Å². The van der Waals surface area contributed by atoms with Gasteiger partial charge in [0.15, 0.2) is 0 Å². The molecule has 3 aromatic rings. The van der Waals surface area contributed by atoms with Gasteiger partial charge >= 0.3 is 0 Å². The van der Waals surface area contributed by atoms with Gasteiger partial charge < -0.3 is 11.1 Å². The van der Waals surface area contributed by atoms with Gasteiger partial charge in [-0.2, -0.15) is 5.10 Å². The minimum Gasteiger partial charge on any atom is -0.377 e. The van der Waals surface area contributed by atoms with Gasteiger partial charge in [-0.25, -0.2) is 8.91 Å². The van der Waals surface area contributed by atoms with E-state index in [1.807, 2.05) is 31.3 Å². The zero-order chi connectivity index (χ0) is 18.3. The average Bonchev–Trinajstić information content (AvgIpc) is 3.21. The largest absolute Gasteiger partial charge is 0.377 e. The number of nitrogens with zero attached hydrogens (tertiary/aromatic N) is 3. The summed E-state index contributed by atoms with van der Waals surface area (Å²) in [7, 11) is 0. The van der Waals surface area contributed by atoms with Crippen molar-refractivity contribution in [3.05, 3.63) is 47.9 Å². The standard InChI is InChI=1S/C19H20FN5O/c1-11-5-6-22-16(7-11)12-8-17-18(24-15-4-2-3-14(15)20)13(19(21)26)9-23-25(17)10-12/h5-10,14-15,24H,2-4H2,1H3,(H2,21,26)/t14-,15+/m0/s1. The lowest BCUT2D eigenvalue weighted by molar-refractivity contribution is 0.100. The fraction of sp³-hybridized carbons (Fsp3) is 0.316. The van der Waals surface area contributed by atoms with Crippen LogP contribution in [0.3, 0.4) is 0 Å². The Balaban J connectivity index is 1.83. The number of amides is 1. The molecule has 2 atom stereocenters. The van der Waals surface area contributed by atoms with Gasteiger partial charge in [-0.15, -0.1) is 0 Å². The van der Waals surface area contributed by atoms with Crippen molar-refractivity contribution in [2.75, 3.05) is 5.32 Å². The molecule has 0 aromatic carbocycles. The second-order valence-corrected chi connectivity index (χ2v) is 6.77. The summed E-state index contributed by atoms with van der Waals surface area (Å²) in [6, 6.07) is 5.48. The number of alkyl halides is 1. The summed E-state index contributed by atoms with van der Waals surface area (Å²) in [5.41, 5.74) is 9.77. The van der Waals surface area contributed by atoms with E-state index in [-0.39, 0.29) is 11.6 Å². The van der Waals surface area contributed by atoms with E-state index in [1.54, 1.807) is 10.7 Å². The van der Waals surface area contributed by atoms with Gasteiger partial charge in [-0.1, -0.05) is 0 Å². The number of halogens is 1. The molecule has 3 heterocycles. The molecule has 3 aromatic heterocycles. The Morgan fingerprint density at radius 2 is 2.23 bits per heavy atom. The maximum absolute atomic E-state index is 14.1. The van der Waals surface area contributed by atoms with Gasteiger partial charge in [-0.3, -0.25) is 9.78 Å². The van der Waals surface area contributed by atoms with Gasteiger partial charge in [0.1, 0.15) is 6.17 Å². The van der Waals surface area contributed by atoms with Crippen molar-refractivity contribution in [1.82, 2.24) is 14.6 Å². The fourth-order valence-corrected chi connectivity index (χ4v) is 3.49. The highest BCUT2D eigenvalue weighted by Crippen LogP contribution is 2.31. The Labute approximate surface area is 150 Å². The van der Waals surface area contributed by atoms with Crippen LogP contribution in [0, 0.1) is 6.92 Å². The van der Waals surface area contributed by atoms with Crippen molar-refractivity contribution in [3.63, 3.8) is 0 Å². The van der Waals surface area contributed by atoms with Crippen molar-refractivity contribution >= 4 is 17.1 Å². The van der Waals surface area contributed by atoms with E-state index < -0.39 is 12.1 Å². The SMILES string of the molecule is Cc1ccnc(-c2cc3c(N[C@@H]4CCC[C@@H]4F)c(C(N)=O)cnn3c2)c1. The molecule has 4 rings (SSSR count). The number of carbonyl (C=O) groups excluding carboxylic acids is 1. The smallest absolute Gasteiger partial charge is 0.252 e. The third kappa shape index (κ3) is 2.89. The van der Waals surface area contributed by atoms with Crippen LogP contribution < -0.4 is 11.1 Å². The Kier molecular flexibility index (Phi) is 4.06. The summed E-state index contributed by atoms with van der Waals surface area (Å²) < 4.78 is 15.8. The van der Waals surface area contributed by atoms with Crippen LogP contribution in [0.2, 0.25) is 0 Å². The number of fused-ring (bicyclic) bond motifs is 1. The highest BCUT2D eigenvalue weighted by atomic mass is 19.1. The molecule has 0 spiro atoms. The number of anilines is 1. The minimum absolute atomic E-state index is 0.262. The lowest BCUT2D eigenvalue weighted by Crippen LogP contribution is -2.27. The average molecular weight is 353 g/mol. The zero-order valence-electron chi connectivity index (χ0n) is 14.4. The predicted octanol–water partition coefficient (Wildman–Crippen LogP) is 3.11. The fourth-order valence-electron chi connectivity index (χ4n) is 3.49. The Morgan fingerprint density at radius 3 is 2.92 bits per heavy atom. The normalized spacial score (nSPS) is 19.8. The number of primary amides is 1. The van der Waals surface area contributed by atoms with Crippen molar-refractivity contribution in [2.24, 2.45) is 5.73 Å². The Hall–Kier alpha value is -2.96. The van der Waals surface area contributed by atoms with Crippen LogP contribution >= 0.6 is 0 Å². The zero-order valence-corrected chi connectivity index (χ0v) is 14.4. The van der Waals surface area contributed by atoms with Crippen LogP contribution in [0.15, 0.2) is 36.8 Å². The van der Waals surface area contributed by atoms with Gasteiger partial charge in [0.05, 0.1) is 34.7 Å². The van der Waals surface area contributed by atoms with E-state index in [1.165, 1.54) is 6.20 Å². The number of carbonyl (C=O) groups is 1. The number of aryl methyl sites for hydroxylation is 1. The molecule has 1 aliphatic carbocycles. The maximum atomic E-state index is 14.1. The van der Waals surface area contributed by atoms with Crippen LogP contribution in [0.5, 0.6) is 0 Å². The molecule has 134 valence electrons. The van der Waals surface area contributed by atoms with Crippen LogP contribution in [0.1, 0.15) is 35.2 Å². The minimum atomic E-state index is -0.934. The summed E-state index contributed by atoms with van der Waals surface area (Å²) >= 11 is 0. The van der Waals surface area contributed by atoms with Gasteiger partial charge in [0, 0.05) is 18.0 Å². The van der Waals surface area contributed by atoms with Crippen LogP contribution in [0.25, 0.3) is 16.8 Å². The van der Waals surface area contributed by atoms with Gasteiger partial charge in [0.25, 0.3) is 5.91 Å². The van der Waals surface area contributed by atoms with E-state index in [4.69, 9.17) is 5.73 Å². The number of rotatable bonds is 4. The van der Waals surface area contributed by atoms with Crippen LogP contribution in [-0.2, 0) is 0 Å². The maximum Gasteiger partial charge on any atom is 0.252 e. The monoisotopic (exact) mass is 353 g/mol. The van der Waals surface area contributed by atoms with Gasteiger partial charge in [0.2, 0.25) is 0 Å². The second-order valence-electron chi connectivity index (χ2n) is 6.77. The molecule has 0 saturated heterocycles. The third-order valence-electron chi connectivity index (χ3n) is 4.88. The lowest BCUT2D eigenvalue weighted by Gasteiger charge is -2.19. The molecule has 1 aliphatic rings. The number of nitrogens with one attached hydrogen (secondary N) is 1. The molecule has 6 nitrogen and oxygen atoms in total. The lowest BCUT2D eigenvalue weighted by atomic mass is 10.1. The summed E-state index contributed by atoms with van der Waals surface area (Å²) in [6.45, 7) is 2.00. The Bertz CT molecular complexity index is 983. The molecule has 7 heteroatoms. The second kappa shape index (κ2) is 6.40. The van der Waals surface area contributed by atoms with Gasteiger partial charge in [-0.05, 0) is 49.9 Å². The third-order valence-corrected chi connectivity index (χ3v) is 4.88.